The molecule has 1 aliphatic rings. The first-order chi connectivity index (χ1) is 8.61. The van der Waals surface area contributed by atoms with Crippen LogP contribution in [0.4, 0.5) is 5.69 Å². The van der Waals surface area contributed by atoms with E-state index in [2.05, 4.69) is 4.90 Å². The van der Waals surface area contributed by atoms with Crippen LogP contribution >= 0.6 is 11.6 Å². The predicted octanol–water partition coefficient (Wildman–Crippen LogP) is 1.34. The standard InChI is InChI=1S/C13H18ClN3O/c1-10(8-15)16-6-7-17(13(18)9-16)12-4-2-11(14)3-5-12/h2-5,10H,6-9,15H2,1H3. The number of benzene rings is 1. The average Bonchev–Trinajstić information content (AvgIpc) is 2.39. The number of nitrogens with zero attached hydrogens (tertiary/aromatic N) is 2. The van der Waals surface area contributed by atoms with Gasteiger partial charge in [-0.3, -0.25) is 9.69 Å². The first-order valence-electron chi connectivity index (χ1n) is 6.12. The molecule has 1 fully saturated rings. The number of amides is 1. The molecular weight excluding hydrogens is 250 g/mol. The van der Waals surface area contributed by atoms with E-state index in [1.807, 2.05) is 19.1 Å². The molecule has 1 amide bonds. The number of piperazine rings is 1. The molecule has 18 heavy (non-hydrogen) atoms. The zero-order valence-corrected chi connectivity index (χ0v) is 11.2. The van der Waals surface area contributed by atoms with Crippen molar-refractivity contribution in [3.8, 4) is 0 Å². The Balaban J connectivity index is 2.05. The molecule has 0 radical (unpaired) electrons. The molecule has 1 aliphatic heterocycles. The van der Waals surface area contributed by atoms with Crippen molar-refractivity contribution < 1.29 is 4.79 Å². The fraction of sp³-hybridized carbons (Fsp3) is 0.462. The van der Waals surface area contributed by atoms with Crippen molar-refractivity contribution in [1.82, 2.24) is 4.90 Å². The summed E-state index contributed by atoms with van der Waals surface area (Å²) in [6, 6.07) is 7.61. The number of hydrogen-bond donors (Lipinski definition) is 1. The van der Waals surface area contributed by atoms with Crippen molar-refractivity contribution in [3.05, 3.63) is 29.3 Å². The van der Waals surface area contributed by atoms with Crippen LogP contribution in [0.5, 0.6) is 0 Å². The van der Waals surface area contributed by atoms with Crippen molar-refractivity contribution >= 4 is 23.2 Å². The van der Waals surface area contributed by atoms with Gasteiger partial charge in [-0.1, -0.05) is 11.6 Å². The lowest BCUT2D eigenvalue weighted by Gasteiger charge is -2.37. The third-order valence-electron chi connectivity index (χ3n) is 3.35. The molecule has 5 heteroatoms. The van der Waals surface area contributed by atoms with E-state index in [1.165, 1.54) is 0 Å². The quantitative estimate of drug-likeness (QED) is 0.899. The molecule has 1 aromatic carbocycles. The Morgan fingerprint density at radius 2 is 2.00 bits per heavy atom. The van der Waals surface area contributed by atoms with E-state index in [4.69, 9.17) is 17.3 Å². The number of carbonyl (C=O) groups is 1. The predicted molar refractivity (Wildman–Crippen MR) is 73.9 cm³/mol. The molecule has 4 nitrogen and oxygen atoms in total. The van der Waals surface area contributed by atoms with Gasteiger partial charge >= 0.3 is 0 Å². The Kier molecular flexibility index (Phi) is 4.22. The summed E-state index contributed by atoms with van der Waals surface area (Å²) < 4.78 is 0. The van der Waals surface area contributed by atoms with E-state index in [0.29, 0.717) is 24.7 Å². The molecule has 2 N–H and O–H groups in total. The van der Waals surface area contributed by atoms with E-state index < -0.39 is 0 Å². The normalized spacial score (nSPS) is 19.1. The highest BCUT2D eigenvalue weighted by Crippen LogP contribution is 2.20. The third-order valence-corrected chi connectivity index (χ3v) is 3.60. The highest BCUT2D eigenvalue weighted by Gasteiger charge is 2.27. The van der Waals surface area contributed by atoms with Crippen LogP contribution in [0.3, 0.4) is 0 Å². The molecule has 0 bridgehead atoms. The summed E-state index contributed by atoms with van der Waals surface area (Å²) in [6.07, 6.45) is 0. The fourth-order valence-corrected chi connectivity index (χ4v) is 2.24. The number of halogens is 1. The van der Waals surface area contributed by atoms with Gasteiger partial charge in [0.2, 0.25) is 5.91 Å². The summed E-state index contributed by atoms with van der Waals surface area (Å²) >= 11 is 5.84. The summed E-state index contributed by atoms with van der Waals surface area (Å²) in [5, 5.41) is 0.682. The minimum Gasteiger partial charge on any atom is -0.329 e. The summed E-state index contributed by atoms with van der Waals surface area (Å²) in [4.78, 5) is 16.0. The molecular formula is C13H18ClN3O. The van der Waals surface area contributed by atoms with Crippen molar-refractivity contribution in [2.24, 2.45) is 5.73 Å². The van der Waals surface area contributed by atoms with Crippen LogP contribution in [0.25, 0.3) is 0 Å². The van der Waals surface area contributed by atoms with Crippen molar-refractivity contribution in [1.29, 1.82) is 0 Å². The Morgan fingerprint density at radius 3 is 2.56 bits per heavy atom. The lowest BCUT2D eigenvalue weighted by atomic mass is 10.2. The van der Waals surface area contributed by atoms with Crippen molar-refractivity contribution in [3.63, 3.8) is 0 Å². The van der Waals surface area contributed by atoms with E-state index in [0.717, 1.165) is 12.2 Å². The maximum atomic E-state index is 12.1. The first kappa shape index (κ1) is 13.3. The minimum atomic E-state index is 0.115. The highest BCUT2D eigenvalue weighted by molar-refractivity contribution is 6.30. The second-order valence-corrected chi connectivity index (χ2v) is 5.01. The number of nitrogens with two attached hydrogens (primary N) is 1. The molecule has 0 spiro atoms. The maximum absolute atomic E-state index is 12.1. The van der Waals surface area contributed by atoms with Gasteiger partial charge in [0.1, 0.15) is 0 Å². The Labute approximate surface area is 112 Å². The number of rotatable bonds is 3. The molecule has 1 heterocycles. The van der Waals surface area contributed by atoms with E-state index in [1.54, 1.807) is 17.0 Å². The van der Waals surface area contributed by atoms with Gasteiger partial charge in [0.25, 0.3) is 0 Å². The topological polar surface area (TPSA) is 49.6 Å². The van der Waals surface area contributed by atoms with Gasteiger partial charge in [-0.2, -0.15) is 0 Å². The van der Waals surface area contributed by atoms with Gasteiger partial charge in [0.05, 0.1) is 6.54 Å². The van der Waals surface area contributed by atoms with Crippen LogP contribution in [0.15, 0.2) is 24.3 Å². The third kappa shape index (κ3) is 2.83. The molecule has 1 saturated heterocycles. The van der Waals surface area contributed by atoms with Crippen LogP contribution < -0.4 is 10.6 Å². The largest absolute Gasteiger partial charge is 0.329 e. The molecule has 0 saturated carbocycles. The minimum absolute atomic E-state index is 0.115. The molecule has 2 rings (SSSR count). The molecule has 1 unspecified atom stereocenters. The van der Waals surface area contributed by atoms with Crippen LogP contribution in [-0.2, 0) is 4.79 Å². The van der Waals surface area contributed by atoms with Crippen molar-refractivity contribution in [2.75, 3.05) is 31.1 Å². The van der Waals surface area contributed by atoms with Gasteiger partial charge in [0, 0.05) is 36.4 Å². The van der Waals surface area contributed by atoms with E-state index in [9.17, 15) is 4.79 Å². The van der Waals surface area contributed by atoms with Gasteiger partial charge in [-0.15, -0.1) is 0 Å². The van der Waals surface area contributed by atoms with Gasteiger partial charge < -0.3 is 10.6 Å². The maximum Gasteiger partial charge on any atom is 0.241 e. The first-order valence-corrected chi connectivity index (χ1v) is 6.49. The summed E-state index contributed by atoms with van der Waals surface area (Å²) in [5.41, 5.74) is 6.54. The van der Waals surface area contributed by atoms with E-state index in [-0.39, 0.29) is 11.9 Å². The second-order valence-electron chi connectivity index (χ2n) is 4.58. The lowest BCUT2D eigenvalue weighted by molar-refractivity contribution is -0.121. The van der Waals surface area contributed by atoms with Crippen LogP contribution in [-0.4, -0.2) is 43.0 Å². The Bertz CT molecular complexity index is 421. The molecule has 98 valence electrons. The van der Waals surface area contributed by atoms with Gasteiger partial charge in [-0.05, 0) is 31.2 Å². The van der Waals surface area contributed by atoms with Crippen LogP contribution in [0.2, 0.25) is 5.02 Å². The lowest BCUT2D eigenvalue weighted by Crippen LogP contribution is -2.54. The fourth-order valence-electron chi connectivity index (χ4n) is 2.11. The zero-order valence-electron chi connectivity index (χ0n) is 10.5. The van der Waals surface area contributed by atoms with E-state index >= 15 is 0 Å². The van der Waals surface area contributed by atoms with Gasteiger partial charge in [-0.25, -0.2) is 0 Å². The molecule has 0 aliphatic carbocycles. The Hall–Kier alpha value is -1.10. The zero-order chi connectivity index (χ0) is 13.1. The second kappa shape index (κ2) is 5.69. The summed E-state index contributed by atoms with van der Waals surface area (Å²) in [7, 11) is 0. The summed E-state index contributed by atoms with van der Waals surface area (Å²) in [5.74, 6) is 0.115. The SMILES string of the molecule is CC(CN)N1CCN(c2ccc(Cl)cc2)C(=O)C1. The average molecular weight is 268 g/mol. The number of anilines is 1. The smallest absolute Gasteiger partial charge is 0.241 e. The monoisotopic (exact) mass is 267 g/mol. The van der Waals surface area contributed by atoms with Crippen molar-refractivity contribution in [2.45, 2.75) is 13.0 Å². The van der Waals surface area contributed by atoms with Gasteiger partial charge in [0.15, 0.2) is 0 Å². The van der Waals surface area contributed by atoms with Crippen LogP contribution in [0, 0.1) is 0 Å². The summed E-state index contributed by atoms with van der Waals surface area (Å²) in [6.45, 7) is 4.61. The molecule has 1 atom stereocenters. The number of hydrogen-bond acceptors (Lipinski definition) is 3. The molecule has 1 aromatic rings. The molecule has 0 aromatic heterocycles. The van der Waals surface area contributed by atoms with Crippen LogP contribution in [0.1, 0.15) is 6.92 Å². The Morgan fingerprint density at radius 1 is 1.33 bits per heavy atom. The highest BCUT2D eigenvalue weighted by atomic mass is 35.5. The number of carbonyl (C=O) groups excluding carboxylic acids is 1.